The summed E-state index contributed by atoms with van der Waals surface area (Å²) in [6, 6.07) is 11.0. The predicted molar refractivity (Wildman–Crippen MR) is 72.1 cm³/mol. The van der Waals surface area contributed by atoms with Crippen molar-refractivity contribution < 1.29 is 18.3 Å². The maximum absolute atomic E-state index is 12.9. The van der Waals surface area contributed by atoms with Crippen LogP contribution in [-0.4, -0.2) is 6.29 Å². The molecule has 106 valence electrons. The highest BCUT2D eigenvalue weighted by atomic mass is 35.5. The highest BCUT2D eigenvalue weighted by molar-refractivity contribution is 6.33. The van der Waals surface area contributed by atoms with Crippen LogP contribution >= 0.6 is 11.6 Å². The molecule has 2 aromatic carbocycles. The largest absolute Gasteiger partial charge is 0.586 e. The second-order valence-electron chi connectivity index (χ2n) is 4.26. The Bertz CT molecular complexity index is 759. The minimum Gasteiger partial charge on any atom is -0.395 e. The second-order valence-corrected chi connectivity index (χ2v) is 4.67. The van der Waals surface area contributed by atoms with Gasteiger partial charge in [-0.25, -0.2) is 0 Å². The molecule has 0 aliphatic carbocycles. The number of nitrogens with one attached hydrogen (secondary N) is 1. The first-order valence-electron chi connectivity index (χ1n) is 5.83. The number of alkyl halides is 2. The molecule has 1 aliphatic heterocycles. The van der Waals surface area contributed by atoms with Crippen LogP contribution < -0.4 is 14.8 Å². The van der Waals surface area contributed by atoms with Gasteiger partial charge in [0.2, 0.25) is 0 Å². The minimum atomic E-state index is -3.65. The third-order valence-corrected chi connectivity index (χ3v) is 3.09. The number of fused-ring (bicyclic) bond motifs is 1. The molecule has 0 unspecified atom stereocenters. The summed E-state index contributed by atoms with van der Waals surface area (Å²) in [6.07, 6.45) is -3.65. The summed E-state index contributed by atoms with van der Waals surface area (Å²) in [4.78, 5) is 0. The topological polar surface area (TPSA) is 54.3 Å². The first-order valence-corrected chi connectivity index (χ1v) is 6.21. The van der Waals surface area contributed by atoms with Crippen LogP contribution in [0.25, 0.3) is 0 Å². The fourth-order valence-electron chi connectivity index (χ4n) is 1.87. The number of benzene rings is 2. The van der Waals surface area contributed by atoms with E-state index in [1.165, 1.54) is 18.2 Å². The van der Waals surface area contributed by atoms with Crippen LogP contribution in [0.3, 0.4) is 0 Å². The normalized spacial score (nSPS) is 14.6. The number of hydrogen-bond donors (Lipinski definition) is 1. The lowest BCUT2D eigenvalue weighted by molar-refractivity contribution is -0.286. The monoisotopic (exact) mass is 308 g/mol. The smallest absolute Gasteiger partial charge is 0.395 e. The van der Waals surface area contributed by atoms with E-state index in [-0.39, 0.29) is 11.5 Å². The first kappa shape index (κ1) is 13.5. The molecule has 0 saturated carbocycles. The molecular formula is C14H7ClF2N2O2. The number of anilines is 2. The quantitative estimate of drug-likeness (QED) is 0.900. The molecule has 0 bridgehead atoms. The Labute approximate surface area is 123 Å². The van der Waals surface area contributed by atoms with Crippen LogP contribution in [0.1, 0.15) is 5.56 Å². The molecule has 1 N–H and O–H groups in total. The van der Waals surface area contributed by atoms with E-state index in [2.05, 4.69) is 14.8 Å². The van der Waals surface area contributed by atoms with E-state index in [9.17, 15) is 8.78 Å². The first-order chi connectivity index (χ1) is 9.97. The minimum absolute atomic E-state index is 0.0310. The van der Waals surface area contributed by atoms with Crippen molar-refractivity contribution in [1.82, 2.24) is 0 Å². The van der Waals surface area contributed by atoms with Gasteiger partial charge in [-0.15, -0.1) is 8.78 Å². The van der Waals surface area contributed by atoms with E-state index >= 15 is 0 Å². The van der Waals surface area contributed by atoms with Gasteiger partial charge >= 0.3 is 6.29 Å². The number of nitriles is 1. The molecule has 4 nitrogen and oxygen atoms in total. The summed E-state index contributed by atoms with van der Waals surface area (Å²) < 4.78 is 34.5. The summed E-state index contributed by atoms with van der Waals surface area (Å²) in [5, 5.41) is 12.1. The van der Waals surface area contributed by atoms with Gasteiger partial charge in [-0.3, -0.25) is 0 Å². The van der Waals surface area contributed by atoms with E-state index < -0.39 is 6.29 Å². The van der Waals surface area contributed by atoms with Crippen LogP contribution in [0.4, 0.5) is 20.2 Å². The number of ether oxygens (including phenoxy) is 2. The third kappa shape index (κ3) is 2.69. The van der Waals surface area contributed by atoms with Crippen LogP contribution in [-0.2, 0) is 0 Å². The Morgan fingerprint density at radius 2 is 1.86 bits per heavy atom. The molecule has 3 rings (SSSR count). The maximum Gasteiger partial charge on any atom is 0.586 e. The molecule has 0 spiro atoms. The highest BCUT2D eigenvalue weighted by Crippen LogP contribution is 2.42. The van der Waals surface area contributed by atoms with Crippen molar-refractivity contribution in [3.63, 3.8) is 0 Å². The Balaban J connectivity index is 1.86. The zero-order valence-corrected chi connectivity index (χ0v) is 11.1. The van der Waals surface area contributed by atoms with Gasteiger partial charge in [0.1, 0.15) is 0 Å². The molecule has 2 aromatic rings. The SMILES string of the molecule is N#Cc1ccc(Nc2ccc3c(c2)OC(F)(F)O3)c(Cl)c1. The van der Waals surface area contributed by atoms with Gasteiger partial charge in [-0.05, 0) is 30.3 Å². The van der Waals surface area contributed by atoms with E-state index in [0.29, 0.717) is 22.0 Å². The Kier molecular flexibility index (Phi) is 3.07. The molecule has 0 fully saturated rings. The Morgan fingerprint density at radius 1 is 1.10 bits per heavy atom. The van der Waals surface area contributed by atoms with Crippen molar-refractivity contribution in [2.45, 2.75) is 6.29 Å². The van der Waals surface area contributed by atoms with Gasteiger partial charge in [0, 0.05) is 11.8 Å². The number of halogens is 3. The van der Waals surface area contributed by atoms with Crippen molar-refractivity contribution in [3.05, 3.63) is 47.0 Å². The van der Waals surface area contributed by atoms with Crippen molar-refractivity contribution in [2.75, 3.05) is 5.32 Å². The zero-order valence-electron chi connectivity index (χ0n) is 10.4. The van der Waals surface area contributed by atoms with Crippen LogP contribution in [0.2, 0.25) is 5.02 Å². The van der Waals surface area contributed by atoms with E-state index in [1.54, 1.807) is 18.2 Å². The van der Waals surface area contributed by atoms with Crippen LogP contribution in [0.15, 0.2) is 36.4 Å². The second kappa shape index (κ2) is 4.79. The molecule has 0 aromatic heterocycles. The Morgan fingerprint density at radius 3 is 2.57 bits per heavy atom. The molecule has 1 heterocycles. The van der Waals surface area contributed by atoms with E-state index in [1.807, 2.05) is 6.07 Å². The van der Waals surface area contributed by atoms with Crippen molar-refractivity contribution in [1.29, 1.82) is 5.26 Å². The molecular weight excluding hydrogens is 302 g/mol. The molecule has 0 amide bonds. The molecule has 0 radical (unpaired) electrons. The predicted octanol–water partition coefficient (Wildman–Crippen LogP) is 4.28. The fourth-order valence-corrected chi connectivity index (χ4v) is 2.10. The van der Waals surface area contributed by atoms with Crippen molar-refractivity contribution in [2.24, 2.45) is 0 Å². The van der Waals surface area contributed by atoms with Gasteiger partial charge in [-0.2, -0.15) is 5.26 Å². The van der Waals surface area contributed by atoms with Crippen LogP contribution in [0, 0.1) is 11.3 Å². The lowest BCUT2D eigenvalue weighted by Gasteiger charge is -2.09. The molecule has 0 saturated heterocycles. The highest BCUT2D eigenvalue weighted by Gasteiger charge is 2.43. The maximum atomic E-state index is 12.9. The van der Waals surface area contributed by atoms with Gasteiger partial charge < -0.3 is 14.8 Å². The Hall–Kier alpha value is -2.52. The summed E-state index contributed by atoms with van der Waals surface area (Å²) >= 11 is 6.03. The molecule has 1 aliphatic rings. The molecule has 21 heavy (non-hydrogen) atoms. The van der Waals surface area contributed by atoms with Crippen LogP contribution in [0.5, 0.6) is 11.5 Å². The number of rotatable bonds is 2. The summed E-state index contributed by atoms with van der Waals surface area (Å²) in [5.41, 5.74) is 1.47. The summed E-state index contributed by atoms with van der Waals surface area (Å²) in [7, 11) is 0. The summed E-state index contributed by atoms with van der Waals surface area (Å²) in [5.74, 6) is -0.0914. The van der Waals surface area contributed by atoms with Gasteiger partial charge in [0.25, 0.3) is 0 Å². The molecule has 0 atom stereocenters. The average molecular weight is 309 g/mol. The fraction of sp³-hybridized carbons (Fsp3) is 0.0714. The van der Waals surface area contributed by atoms with E-state index in [4.69, 9.17) is 16.9 Å². The number of nitrogens with zero attached hydrogens (tertiary/aromatic N) is 1. The zero-order chi connectivity index (χ0) is 15.0. The van der Waals surface area contributed by atoms with Gasteiger partial charge in [-0.1, -0.05) is 11.6 Å². The van der Waals surface area contributed by atoms with E-state index in [0.717, 1.165) is 0 Å². The van der Waals surface area contributed by atoms with Crippen molar-refractivity contribution >= 4 is 23.0 Å². The van der Waals surface area contributed by atoms with Gasteiger partial charge in [0.15, 0.2) is 11.5 Å². The number of hydrogen-bond acceptors (Lipinski definition) is 4. The van der Waals surface area contributed by atoms with Crippen molar-refractivity contribution in [3.8, 4) is 17.6 Å². The third-order valence-electron chi connectivity index (χ3n) is 2.78. The average Bonchev–Trinajstić information content (AvgIpc) is 2.74. The lowest BCUT2D eigenvalue weighted by Crippen LogP contribution is -2.25. The lowest BCUT2D eigenvalue weighted by atomic mass is 10.2. The standard InChI is InChI=1S/C14H7ClF2N2O2/c15-10-5-8(7-18)1-3-11(10)19-9-2-4-12-13(6-9)21-14(16,17)20-12/h1-6,19H. The van der Waals surface area contributed by atoms with Gasteiger partial charge in [0.05, 0.1) is 22.3 Å². The summed E-state index contributed by atoms with van der Waals surface area (Å²) in [6.45, 7) is 0. The molecule has 7 heteroatoms.